The van der Waals surface area contributed by atoms with Gasteiger partial charge in [-0.05, 0) is 12.0 Å². The Morgan fingerprint density at radius 1 is 2.00 bits per heavy atom. The van der Waals surface area contributed by atoms with E-state index in [9.17, 15) is 0 Å². The minimum atomic E-state index is 0.917. The van der Waals surface area contributed by atoms with Crippen LogP contribution < -0.4 is 5.32 Å². The summed E-state index contributed by atoms with van der Waals surface area (Å²) in [4.78, 5) is 3.81. The first-order valence-electron chi connectivity index (χ1n) is 2.79. The lowest BCUT2D eigenvalue weighted by atomic mass is 10.2. The van der Waals surface area contributed by atoms with E-state index in [2.05, 4.69) is 23.6 Å². The van der Waals surface area contributed by atoms with Crippen LogP contribution in [0, 0.1) is 0 Å². The molecule has 0 aromatic carbocycles. The summed E-state index contributed by atoms with van der Waals surface area (Å²) in [6.45, 7) is 3.04. The number of hydrogen-bond acceptors (Lipinski definition) is 2. The monoisotopic (exact) mass is 109 g/mol. The van der Waals surface area contributed by atoms with Gasteiger partial charge in [-0.3, -0.25) is 0 Å². The van der Waals surface area contributed by atoms with Crippen molar-refractivity contribution in [3.05, 3.63) is 11.8 Å². The van der Waals surface area contributed by atoms with E-state index in [1.165, 1.54) is 5.57 Å². The molecule has 1 N–H and O–H groups in total. The van der Waals surface area contributed by atoms with Crippen molar-refractivity contribution in [1.82, 2.24) is 5.32 Å². The maximum atomic E-state index is 3.81. The Labute approximate surface area is 49.3 Å². The molecule has 1 radical (unpaired) electrons. The molecule has 0 amide bonds. The summed E-state index contributed by atoms with van der Waals surface area (Å²) in [5, 5.41) is 2.90. The zero-order chi connectivity index (χ0) is 5.82. The van der Waals surface area contributed by atoms with Crippen molar-refractivity contribution in [1.29, 1.82) is 0 Å². The summed E-state index contributed by atoms with van der Waals surface area (Å²) < 4.78 is 0. The van der Waals surface area contributed by atoms with Gasteiger partial charge in [0.25, 0.3) is 0 Å². The van der Waals surface area contributed by atoms with E-state index in [1.54, 1.807) is 0 Å². The highest BCUT2D eigenvalue weighted by Crippen LogP contribution is 1.99. The molecular weight excluding hydrogens is 100 g/mol. The van der Waals surface area contributed by atoms with Crippen molar-refractivity contribution in [3.8, 4) is 0 Å². The summed E-state index contributed by atoms with van der Waals surface area (Å²) >= 11 is 0. The molecule has 2 heteroatoms. The molecule has 0 aromatic heterocycles. The lowest BCUT2D eigenvalue weighted by Gasteiger charge is -2.04. The highest BCUT2D eigenvalue weighted by molar-refractivity contribution is 5.57. The largest absolute Gasteiger partial charge is 0.363 e. The van der Waals surface area contributed by atoms with Gasteiger partial charge in [-0.25, -0.2) is 4.99 Å². The van der Waals surface area contributed by atoms with Gasteiger partial charge in [0.2, 0.25) is 0 Å². The van der Waals surface area contributed by atoms with E-state index in [0.717, 1.165) is 13.0 Å². The zero-order valence-electron chi connectivity index (χ0n) is 4.94. The quantitative estimate of drug-likeness (QED) is 0.529. The standard InChI is InChI=1S/C6H9N2/c1-2-6-3-7-5-8-4-6/h3H,2,4H2,1H3,(H,7,8). The molecule has 0 saturated carbocycles. The Morgan fingerprint density at radius 3 is 3.25 bits per heavy atom. The summed E-state index contributed by atoms with van der Waals surface area (Å²) in [7, 11) is 0. The van der Waals surface area contributed by atoms with Crippen LogP contribution >= 0.6 is 0 Å². The Bertz CT molecular complexity index is 124. The maximum Gasteiger partial charge on any atom is 0.169 e. The van der Waals surface area contributed by atoms with E-state index in [1.807, 2.05) is 6.20 Å². The SMILES string of the molecule is CCC1=CN=[C]NC1. The molecule has 0 unspecified atom stereocenters. The lowest BCUT2D eigenvalue weighted by molar-refractivity contribution is 0.908. The Hall–Kier alpha value is -0.790. The van der Waals surface area contributed by atoms with Gasteiger partial charge in [0, 0.05) is 12.7 Å². The van der Waals surface area contributed by atoms with Crippen molar-refractivity contribution in [2.45, 2.75) is 13.3 Å². The van der Waals surface area contributed by atoms with Crippen LogP contribution in [0.3, 0.4) is 0 Å². The van der Waals surface area contributed by atoms with Gasteiger partial charge in [-0.1, -0.05) is 6.92 Å². The average molecular weight is 109 g/mol. The van der Waals surface area contributed by atoms with Crippen LogP contribution in [-0.4, -0.2) is 12.9 Å². The second-order valence-electron chi connectivity index (χ2n) is 1.74. The van der Waals surface area contributed by atoms with Gasteiger partial charge >= 0.3 is 0 Å². The van der Waals surface area contributed by atoms with Crippen molar-refractivity contribution in [3.63, 3.8) is 0 Å². The van der Waals surface area contributed by atoms with Gasteiger partial charge in [0.05, 0.1) is 0 Å². The summed E-state index contributed by atoms with van der Waals surface area (Å²) in [6, 6.07) is 0. The van der Waals surface area contributed by atoms with Crippen LogP contribution in [0.5, 0.6) is 0 Å². The first-order valence-corrected chi connectivity index (χ1v) is 2.79. The molecule has 1 aliphatic heterocycles. The summed E-state index contributed by atoms with van der Waals surface area (Å²) in [5.74, 6) is 0. The highest BCUT2D eigenvalue weighted by atomic mass is 14.9. The predicted molar refractivity (Wildman–Crippen MR) is 33.8 cm³/mol. The van der Waals surface area contributed by atoms with Crippen molar-refractivity contribution < 1.29 is 0 Å². The van der Waals surface area contributed by atoms with Gasteiger partial charge in [-0.15, -0.1) is 0 Å². The fraction of sp³-hybridized carbons (Fsp3) is 0.500. The molecule has 0 spiro atoms. The highest BCUT2D eigenvalue weighted by Gasteiger charge is 1.93. The molecule has 0 aromatic rings. The van der Waals surface area contributed by atoms with Crippen LogP contribution in [0.4, 0.5) is 0 Å². The van der Waals surface area contributed by atoms with Gasteiger partial charge < -0.3 is 5.32 Å². The molecule has 2 nitrogen and oxygen atoms in total. The molecule has 0 bridgehead atoms. The second-order valence-corrected chi connectivity index (χ2v) is 1.74. The minimum Gasteiger partial charge on any atom is -0.363 e. The van der Waals surface area contributed by atoms with Crippen molar-refractivity contribution in [2.24, 2.45) is 4.99 Å². The lowest BCUT2D eigenvalue weighted by Crippen LogP contribution is -2.17. The van der Waals surface area contributed by atoms with Crippen LogP contribution in [0.1, 0.15) is 13.3 Å². The van der Waals surface area contributed by atoms with Crippen LogP contribution in [0.25, 0.3) is 0 Å². The molecule has 8 heavy (non-hydrogen) atoms. The number of aliphatic imine (C=N–C) groups is 1. The second kappa shape index (κ2) is 2.50. The first kappa shape index (κ1) is 5.35. The third-order valence-corrected chi connectivity index (χ3v) is 1.16. The third kappa shape index (κ3) is 1.09. The molecule has 1 aliphatic rings. The van der Waals surface area contributed by atoms with Gasteiger partial charge in [0.1, 0.15) is 0 Å². The number of nitrogens with one attached hydrogen (secondary N) is 1. The molecule has 0 atom stereocenters. The number of rotatable bonds is 1. The number of hydrogen-bond donors (Lipinski definition) is 1. The van der Waals surface area contributed by atoms with Crippen LogP contribution in [0.2, 0.25) is 0 Å². The summed E-state index contributed by atoms with van der Waals surface area (Å²) in [5.41, 5.74) is 1.34. The van der Waals surface area contributed by atoms with Crippen LogP contribution in [0.15, 0.2) is 16.8 Å². The van der Waals surface area contributed by atoms with E-state index >= 15 is 0 Å². The Morgan fingerprint density at radius 2 is 2.88 bits per heavy atom. The van der Waals surface area contributed by atoms with Gasteiger partial charge in [0.15, 0.2) is 6.34 Å². The fourth-order valence-electron chi connectivity index (χ4n) is 0.584. The molecule has 1 heterocycles. The Kier molecular flexibility index (Phi) is 1.67. The van der Waals surface area contributed by atoms with E-state index in [-0.39, 0.29) is 0 Å². The third-order valence-electron chi connectivity index (χ3n) is 1.16. The van der Waals surface area contributed by atoms with E-state index < -0.39 is 0 Å². The van der Waals surface area contributed by atoms with Gasteiger partial charge in [-0.2, -0.15) is 0 Å². The molecular formula is C6H9N2. The molecule has 43 valence electrons. The average Bonchev–Trinajstić information content (AvgIpc) is 1.90. The normalized spacial score (nSPS) is 17.4. The van der Waals surface area contributed by atoms with Crippen molar-refractivity contribution in [2.75, 3.05) is 6.54 Å². The maximum absolute atomic E-state index is 3.81. The molecule has 0 saturated heterocycles. The number of nitrogens with zero attached hydrogens (tertiary/aromatic N) is 1. The smallest absolute Gasteiger partial charge is 0.169 e. The first-order chi connectivity index (χ1) is 3.93. The molecule has 0 aliphatic carbocycles. The fourth-order valence-corrected chi connectivity index (χ4v) is 0.584. The topological polar surface area (TPSA) is 24.4 Å². The summed E-state index contributed by atoms with van der Waals surface area (Å²) in [6.07, 6.45) is 5.59. The Balaban J connectivity index is 2.50. The van der Waals surface area contributed by atoms with Crippen LogP contribution in [-0.2, 0) is 0 Å². The molecule has 0 fully saturated rings. The minimum absolute atomic E-state index is 0.917. The van der Waals surface area contributed by atoms with E-state index in [0.29, 0.717) is 0 Å². The van der Waals surface area contributed by atoms with E-state index in [4.69, 9.17) is 0 Å². The molecule has 1 rings (SSSR count). The predicted octanol–water partition coefficient (Wildman–Crippen LogP) is 0.789. The zero-order valence-corrected chi connectivity index (χ0v) is 4.94. The van der Waals surface area contributed by atoms with Crippen molar-refractivity contribution >= 4 is 6.34 Å².